The minimum Gasteiger partial charge on any atom is -0.507 e. The van der Waals surface area contributed by atoms with Crippen molar-refractivity contribution in [1.29, 1.82) is 0 Å². The summed E-state index contributed by atoms with van der Waals surface area (Å²) in [4.78, 5) is 0. The normalized spacial score (nSPS) is 11.6. The van der Waals surface area contributed by atoms with Crippen molar-refractivity contribution in [1.82, 2.24) is 0 Å². The highest BCUT2D eigenvalue weighted by Crippen LogP contribution is 2.44. The molecule has 116 heavy (non-hydrogen) atoms. The van der Waals surface area contributed by atoms with Crippen LogP contribution in [0, 0.1) is 0 Å². The third-order valence-corrected chi connectivity index (χ3v) is 20.1. The average molecular weight is 1520 g/mol. The topological polar surface area (TPSA) is 155 Å². The predicted molar refractivity (Wildman–Crippen MR) is 453 cm³/mol. The quantitative estimate of drug-likeness (QED) is 0.0455. The summed E-state index contributed by atoms with van der Waals surface area (Å²) >= 11 is 0. The van der Waals surface area contributed by atoms with Crippen LogP contribution in [0.3, 0.4) is 0 Å². The first kappa shape index (κ1) is 73.9. The van der Waals surface area contributed by atoms with Crippen LogP contribution in [0.5, 0.6) is 115 Å². The van der Waals surface area contributed by atoms with Crippen molar-refractivity contribution in [3.63, 3.8) is 0 Å². The highest BCUT2D eigenvalue weighted by molar-refractivity contribution is 5.61. The second-order valence-corrected chi connectivity index (χ2v) is 29.0. The molecular formula is C104H80O12. The fourth-order valence-electron chi connectivity index (χ4n) is 15.0. The summed E-state index contributed by atoms with van der Waals surface area (Å²) in [7, 11) is 0. The summed E-state index contributed by atoms with van der Waals surface area (Å²) in [5.74, 6) is 9.67. The van der Waals surface area contributed by atoms with Gasteiger partial charge in [-0.3, -0.25) is 0 Å². The molecule has 0 heterocycles. The second kappa shape index (κ2) is 34.4. The highest BCUT2D eigenvalue weighted by atomic mass is 16.5. The van der Waals surface area contributed by atoms with Gasteiger partial charge in [0.2, 0.25) is 0 Å². The van der Waals surface area contributed by atoms with Crippen LogP contribution >= 0.6 is 0 Å². The third kappa shape index (κ3) is 18.8. The fourth-order valence-corrected chi connectivity index (χ4v) is 15.0. The molecule has 0 amide bonds. The molecule has 0 saturated heterocycles. The Kier molecular flexibility index (Phi) is 21.9. The van der Waals surface area contributed by atoms with E-state index in [-0.39, 0.29) is 48.7 Å². The van der Waals surface area contributed by atoms with Gasteiger partial charge in [-0.1, -0.05) is 194 Å². The van der Waals surface area contributed by atoms with Gasteiger partial charge >= 0.3 is 0 Å². The first-order valence-corrected chi connectivity index (χ1v) is 38.6. The number of aromatic hydroxyl groups is 4. The smallest absolute Gasteiger partial charge is 0.131 e. The Balaban J connectivity index is 0.832. The van der Waals surface area contributed by atoms with E-state index in [0.717, 1.165) is 44.5 Å². The van der Waals surface area contributed by atoms with Crippen molar-refractivity contribution in [3.8, 4) is 115 Å². The Morgan fingerprint density at radius 3 is 0.397 bits per heavy atom. The lowest BCUT2D eigenvalue weighted by Crippen LogP contribution is -2.05. The number of benzene rings is 16. The maximum Gasteiger partial charge on any atom is 0.131 e. The van der Waals surface area contributed by atoms with E-state index in [0.29, 0.717) is 162 Å². The van der Waals surface area contributed by atoms with Crippen LogP contribution in [0.15, 0.2) is 364 Å². The lowest BCUT2D eigenvalue weighted by Gasteiger charge is -2.21. The molecule has 4 N–H and O–H groups in total. The Morgan fingerprint density at radius 2 is 0.267 bits per heavy atom. The molecule has 1 aliphatic carbocycles. The minimum absolute atomic E-state index is 0.00203. The van der Waals surface area contributed by atoms with Gasteiger partial charge in [0, 0.05) is 49.9 Å². The molecule has 17 rings (SSSR count). The zero-order valence-corrected chi connectivity index (χ0v) is 63.4. The van der Waals surface area contributed by atoms with Crippen molar-refractivity contribution >= 4 is 0 Å². The number of hydrogen-bond acceptors (Lipinski definition) is 12. The Labute approximate surface area is 673 Å². The lowest BCUT2D eigenvalue weighted by molar-refractivity contribution is 0.449. The van der Waals surface area contributed by atoms with Gasteiger partial charge in [-0.05, 0) is 260 Å². The molecule has 0 aliphatic heterocycles. The molecule has 12 nitrogen and oxygen atoms in total. The van der Waals surface area contributed by atoms with Crippen LogP contribution in [0.4, 0.5) is 0 Å². The van der Waals surface area contributed by atoms with Crippen molar-refractivity contribution in [2.75, 3.05) is 0 Å². The van der Waals surface area contributed by atoms with Crippen LogP contribution in [0.1, 0.15) is 89.0 Å². The number of phenols is 4. The number of fused-ring (bicyclic) bond motifs is 8. The monoisotopic (exact) mass is 1520 g/mol. The molecular weight excluding hydrogens is 1440 g/mol. The Hall–Kier alpha value is -14.9. The standard InChI is InChI=1S/C104H80O12/c105-101-77-45-69(41-73-53-93(109-85-25-9-1-10-26-85)65-94(54-73)110-86-27-11-2-12-28-86)46-78(101)62-80-48-71(43-75-57-97(113-89-33-17-5-18-34-89)67-98(58-75)114-90-35-19-6-20-36-90)50-82(103(80)107)64-84-52-72(44-76-59-99(115-91-37-21-7-22-38-91)68-100(60-76)116-92-39-23-8-24-40-92)51-83(104(84)108)63-81-49-70(47-79(61-77)102(81)106)42-74-55-95(111-87-29-13-3-14-30-87)66-96(56-74)112-88-31-15-4-16-32-88/h1-40,45-60,65-68,105-108H,41-44,61-64H2. The van der Waals surface area contributed by atoms with Gasteiger partial charge in [-0.2, -0.15) is 0 Å². The Bertz CT molecular complexity index is 5030. The molecule has 1 aliphatic rings. The van der Waals surface area contributed by atoms with E-state index >= 15 is 0 Å². The molecule has 0 aromatic heterocycles. The molecule has 0 unspecified atom stereocenters. The summed E-state index contributed by atoms with van der Waals surface area (Å²) in [5, 5.41) is 53.2. The summed E-state index contributed by atoms with van der Waals surface area (Å²) in [6.07, 6.45) is 1.59. The van der Waals surface area contributed by atoms with E-state index in [1.165, 1.54) is 0 Å². The van der Waals surface area contributed by atoms with Crippen LogP contribution in [-0.2, 0) is 51.4 Å². The average Bonchev–Trinajstić information content (AvgIpc) is 0.775. The zero-order chi connectivity index (χ0) is 78.5. The van der Waals surface area contributed by atoms with Crippen LogP contribution in [0.2, 0.25) is 0 Å². The first-order chi connectivity index (χ1) is 56.9. The van der Waals surface area contributed by atoms with Gasteiger partial charge in [0.15, 0.2) is 0 Å². The molecule has 568 valence electrons. The zero-order valence-electron chi connectivity index (χ0n) is 63.4. The van der Waals surface area contributed by atoms with Gasteiger partial charge in [0.1, 0.15) is 115 Å². The van der Waals surface area contributed by atoms with Gasteiger partial charge in [-0.15, -0.1) is 0 Å². The highest BCUT2D eigenvalue weighted by Gasteiger charge is 2.25. The van der Waals surface area contributed by atoms with E-state index < -0.39 is 0 Å². The van der Waals surface area contributed by atoms with Crippen LogP contribution in [-0.4, -0.2) is 20.4 Å². The molecule has 0 saturated carbocycles. The molecule has 0 spiro atoms. The maximum atomic E-state index is 13.3. The second-order valence-electron chi connectivity index (χ2n) is 29.0. The number of para-hydroxylation sites is 8. The fraction of sp³-hybridized carbons (Fsp3) is 0.0769. The van der Waals surface area contributed by atoms with Crippen molar-refractivity contribution in [3.05, 3.63) is 453 Å². The van der Waals surface area contributed by atoms with Crippen molar-refractivity contribution in [2.24, 2.45) is 0 Å². The van der Waals surface area contributed by atoms with Gasteiger partial charge in [-0.25, -0.2) is 0 Å². The molecule has 0 radical (unpaired) electrons. The number of rotatable bonds is 24. The summed E-state index contributed by atoms with van der Waals surface area (Å²) < 4.78 is 52.4. The molecule has 8 bridgehead atoms. The van der Waals surface area contributed by atoms with Crippen molar-refractivity contribution < 1.29 is 58.3 Å². The third-order valence-electron chi connectivity index (χ3n) is 20.1. The lowest BCUT2D eigenvalue weighted by atomic mass is 9.86. The summed E-state index contributed by atoms with van der Waals surface area (Å²) in [6, 6.07) is 116. The SMILES string of the molecule is Oc1c2cc(Cc3cc(Oc4ccccc4)cc(Oc4ccccc4)c3)cc1Cc1cc(Cc3cc(Oc4ccccc4)cc(Oc4ccccc4)c3)cc(c1O)Cc1cc(Cc3cc(Oc4ccccc4)cc(Oc4ccccc4)c3)cc(c1O)Cc1cc(Cc3cc(Oc4ccccc4)cc(Oc4ccccc4)c3)cc(c1O)C2. The molecule has 0 fully saturated rings. The van der Waals surface area contributed by atoms with Crippen LogP contribution < -0.4 is 37.9 Å². The molecule has 0 atom stereocenters. The summed E-state index contributed by atoms with van der Waals surface area (Å²) in [6.45, 7) is 0. The van der Waals surface area contributed by atoms with E-state index in [4.69, 9.17) is 37.9 Å². The number of hydrogen-bond donors (Lipinski definition) is 4. The Morgan fingerprint density at radius 1 is 0.147 bits per heavy atom. The summed E-state index contributed by atoms with van der Waals surface area (Å²) in [5.41, 5.74) is 10.9. The maximum absolute atomic E-state index is 13.3. The van der Waals surface area contributed by atoms with Gasteiger partial charge in [0.25, 0.3) is 0 Å². The van der Waals surface area contributed by atoms with E-state index in [1.807, 2.05) is 364 Å². The largest absolute Gasteiger partial charge is 0.507 e. The molecule has 16 aromatic carbocycles. The first-order valence-electron chi connectivity index (χ1n) is 38.6. The number of ether oxygens (including phenoxy) is 8. The minimum atomic E-state index is -0.00203. The number of phenolic OH excluding ortho intramolecular Hbond substituents is 4. The van der Waals surface area contributed by atoms with Crippen LogP contribution in [0.25, 0.3) is 0 Å². The van der Waals surface area contributed by atoms with Crippen molar-refractivity contribution in [2.45, 2.75) is 51.4 Å². The van der Waals surface area contributed by atoms with E-state index in [9.17, 15) is 20.4 Å². The van der Waals surface area contributed by atoms with Gasteiger partial charge < -0.3 is 58.3 Å². The van der Waals surface area contributed by atoms with E-state index in [2.05, 4.69) is 0 Å². The molecule has 16 aromatic rings. The molecule has 12 heteroatoms. The predicted octanol–water partition coefficient (Wildman–Crippen LogP) is 25.9. The van der Waals surface area contributed by atoms with E-state index in [1.54, 1.807) is 0 Å². The van der Waals surface area contributed by atoms with Gasteiger partial charge in [0.05, 0.1) is 0 Å².